The molecule has 0 aliphatic carbocycles. The van der Waals surface area contributed by atoms with Gasteiger partial charge in [-0.1, -0.05) is 19.1 Å². The summed E-state index contributed by atoms with van der Waals surface area (Å²) in [6.07, 6.45) is 1.99. The zero-order chi connectivity index (χ0) is 15.2. The van der Waals surface area contributed by atoms with Gasteiger partial charge in [-0.3, -0.25) is 14.6 Å². The molecule has 1 unspecified atom stereocenters. The van der Waals surface area contributed by atoms with Gasteiger partial charge in [0.05, 0.1) is 6.54 Å². The maximum atomic E-state index is 10.8. The highest BCUT2D eigenvalue weighted by molar-refractivity contribution is 5.69. The zero-order valence-electron chi connectivity index (χ0n) is 12.5. The van der Waals surface area contributed by atoms with E-state index in [-0.39, 0.29) is 12.3 Å². The Bertz CT molecular complexity index is 461. The van der Waals surface area contributed by atoms with Crippen LogP contribution < -0.4 is 0 Å². The van der Waals surface area contributed by atoms with E-state index in [1.54, 1.807) is 12.1 Å². The molecule has 116 valence electrons. The van der Waals surface area contributed by atoms with Gasteiger partial charge in [-0.25, -0.2) is 0 Å². The Morgan fingerprint density at radius 2 is 1.90 bits per heavy atom. The summed E-state index contributed by atoms with van der Waals surface area (Å²) >= 11 is 0. The highest BCUT2D eigenvalue weighted by atomic mass is 16.4. The number of benzene rings is 1. The molecule has 2 rings (SSSR count). The van der Waals surface area contributed by atoms with Gasteiger partial charge in [-0.2, -0.15) is 0 Å². The van der Waals surface area contributed by atoms with Gasteiger partial charge in [-0.15, -0.1) is 0 Å². The van der Waals surface area contributed by atoms with E-state index in [0.29, 0.717) is 6.04 Å². The van der Waals surface area contributed by atoms with Crippen LogP contribution in [-0.4, -0.2) is 58.7 Å². The normalized spacial score (nSPS) is 19.1. The monoisotopic (exact) mass is 292 g/mol. The van der Waals surface area contributed by atoms with Crippen molar-refractivity contribution in [2.24, 2.45) is 0 Å². The number of phenolic OH excluding ortho intramolecular Hbond substituents is 1. The third-order valence-electron chi connectivity index (χ3n) is 4.09. The largest absolute Gasteiger partial charge is 0.508 e. The molecule has 5 heteroatoms. The van der Waals surface area contributed by atoms with Gasteiger partial charge >= 0.3 is 5.97 Å². The molecule has 1 saturated heterocycles. The fourth-order valence-electron chi connectivity index (χ4n) is 3.05. The molecule has 0 radical (unpaired) electrons. The number of carbonyl (C=O) groups is 1. The number of aromatic hydroxyl groups is 1. The van der Waals surface area contributed by atoms with Gasteiger partial charge in [0, 0.05) is 32.2 Å². The number of hydrogen-bond acceptors (Lipinski definition) is 4. The second kappa shape index (κ2) is 7.43. The molecular weight excluding hydrogens is 268 g/mol. The first-order valence-electron chi connectivity index (χ1n) is 7.57. The van der Waals surface area contributed by atoms with Crippen LogP contribution >= 0.6 is 0 Å². The molecule has 1 aromatic rings. The molecule has 5 nitrogen and oxygen atoms in total. The predicted molar refractivity (Wildman–Crippen MR) is 81.4 cm³/mol. The van der Waals surface area contributed by atoms with Crippen molar-refractivity contribution in [1.29, 1.82) is 0 Å². The van der Waals surface area contributed by atoms with Crippen molar-refractivity contribution >= 4 is 5.97 Å². The first-order chi connectivity index (χ1) is 10.1. The lowest BCUT2D eigenvalue weighted by Gasteiger charge is -2.30. The quantitative estimate of drug-likeness (QED) is 0.868. The average molecular weight is 292 g/mol. The third-order valence-corrected chi connectivity index (χ3v) is 4.09. The van der Waals surface area contributed by atoms with E-state index in [4.69, 9.17) is 5.11 Å². The topological polar surface area (TPSA) is 64.0 Å². The summed E-state index contributed by atoms with van der Waals surface area (Å²) in [5, 5.41) is 18.3. The molecule has 0 amide bonds. The molecule has 0 bridgehead atoms. The lowest BCUT2D eigenvalue weighted by molar-refractivity contribution is -0.138. The first-order valence-corrected chi connectivity index (χ1v) is 7.57. The molecule has 1 aliphatic rings. The molecule has 1 fully saturated rings. The molecule has 0 saturated carbocycles. The van der Waals surface area contributed by atoms with Crippen LogP contribution in [0.25, 0.3) is 0 Å². The number of nitrogens with zero attached hydrogens (tertiary/aromatic N) is 2. The van der Waals surface area contributed by atoms with Crippen molar-refractivity contribution in [3.63, 3.8) is 0 Å². The summed E-state index contributed by atoms with van der Waals surface area (Å²) in [5.74, 6) is -0.467. The van der Waals surface area contributed by atoms with E-state index in [9.17, 15) is 9.90 Å². The molecule has 0 spiro atoms. The van der Waals surface area contributed by atoms with Gasteiger partial charge in [0.25, 0.3) is 0 Å². The second-order valence-electron chi connectivity index (χ2n) is 5.57. The highest BCUT2D eigenvalue weighted by Crippen LogP contribution is 2.26. The van der Waals surface area contributed by atoms with Crippen molar-refractivity contribution in [3.05, 3.63) is 29.8 Å². The minimum Gasteiger partial charge on any atom is -0.508 e. The van der Waals surface area contributed by atoms with E-state index < -0.39 is 5.97 Å². The van der Waals surface area contributed by atoms with Crippen molar-refractivity contribution in [1.82, 2.24) is 9.80 Å². The van der Waals surface area contributed by atoms with Crippen LogP contribution in [0.3, 0.4) is 0 Å². The summed E-state index contributed by atoms with van der Waals surface area (Å²) in [4.78, 5) is 15.3. The van der Waals surface area contributed by atoms with Crippen LogP contribution in [0.4, 0.5) is 0 Å². The second-order valence-corrected chi connectivity index (χ2v) is 5.57. The Kier molecular flexibility index (Phi) is 5.59. The van der Waals surface area contributed by atoms with Crippen LogP contribution in [0.1, 0.15) is 31.4 Å². The number of rotatable bonds is 5. The Balaban J connectivity index is 2.02. The Morgan fingerprint density at radius 1 is 1.19 bits per heavy atom. The highest BCUT2D eigenvalue weighted by Gasteiger charge is 2.22. The average Bonchev–Trinajstić information content (AvgIpc) is 2.67. The number of aliphatic carboxylic acids is 1. The fourth-order valence-corrected chi connectivity index (χ4v) is 3.05. The number of carboxylic acid groups (broad SMARTS) is 1. The Labute approximate surface area is 125 Å². The van der Waals surface area contributed by atoms with E-state index in [1.807, 2.05) is 17.0 Å². The van der Waals surface area contributed by atoms with E-state index in [0.717, 1.165) is 39.0 Å². The first kappa shape index (κ1) is 15.8. The van der Waals surface area contributed by atoms with Gasteiger partial charge < -0.3 is 10.2 Å². The van der Waals surface area contributed by atoms with Gasteiger partial charge in [0.2, 0.25) is 0 Å². The molecule has 1 heterocycles. The maximum absolute atomic E-state index is 10.8. The van der Waals surface area contributed by atoms with Gasteiger partial charge in [0.1, 0.15) is 5.75 Å². The maximum Gasteiger partial charge on any atom is 0.317 e. The number of carboxylic acids is 1. The van der Waals surface area contributed by atoms with Crippen LogP contribution in [0.5, 0.6) is 5.75 Å². The van der Waals surface area contributed by atoms with Crippen LogP contribution in [0, 0.1) is 0 Å². The summed E-state index contributed by atoms with van der Waals surface area (Å²) in [6, 6.07) is 7.74. The van der Waals surface area contributed by atoms with E-state index in [1.165, 1.54) is 5.56 Å². The fraction of sp³-hybridized carbons (Fsp3) is 0.562. The van der Waals surface area contributed by atoms with E-state index in [2.05, 4.69) is 11.8 Å². The van der Waals surface area contributed by atoms with Crippen LogP contribution in [0.2, 0.25) is 0 Å². The Hall–Kier alpha value is -1.59. The lowest BCUT2D eigenvalue weighted by atomic mass is 10.0. The van der Waals surface area contributed by atoms with Gasteiger partial charge in [0.15, 0.2) is 0 Å². The Morgan fingerprint density at radius 3 is 2.52 bits per heavy atom. The molecule has 1 atom stereocenters. The van der Waals surface area contributed by atoms with Crippen molar-refractivity contribution < 1.29 is 15.0 Å². The predicted octanol–water partition coefficient (Wildman–Crippen LogP) is 1.94. The molecule has 1 aliphatic heterocycles. The molecule has 1 aromatic carbocycles. The zero-order valence-corrected chi connectivity index (χ0v) is 12.5. The van der Waals surface area contributed by atoms with Crippen molar-refractivity contribution in [2.45, 2.75) is 25.8 Å². The SMILES string of the molecule is CCC(c1ccc(O)cc1)N1CCCN(CC(=O)O)CC1. The standard InChI is InChI=1S/C16H24N2O3/c1-2-15(13-4-6-14(19)7-5-13)18-9-3-8-17(10-11-18)12-16(20)21/h4-7,15,19H,2-3,8-12H2,1H3,(H,20,21). The summed E-state index contributed by atoms with van der Waals surface area (Å²) in [5.41, 5.74) is 1.21. The van der Waals surface area contributed by atoms with Crippen molar-refractivity contribution in [3.8, 4) is 5.75 Å². The summed E-state index contributed by atoms with van der Waals surface area (Å²) in [7, 11) is 0. The van der Waals surface area contributed by atoms with Crippen LogP contribution in [-0.2, 0) is 4.79 Å². The summed E-state index contributed by atoms with van der Waals surface area (Å²) < 4.78 is 0. The molecule has 21 heavy (non-hydrogen) atoms. The smallest absolute Gasteiger partial charge is 0.317 e. The number of hydrogen-bond donors (Lipinski definition) is 2. The third kappa shape index (κ3) is 4.44. The molecular formula is C16H24N2O3. The minimum atomic E-state index is -0.756. The van der Waals surface area contributed by atoms with Crippen molar-refractivity contribution in [2.75, 3.05) is 32.7 Å². The van der Waals surface area contributed by atoms with Crippen LogP contribution in [0.15, 0.2) is 24.3 Å². The summed E-state index contributed by atoms with van der Waals surface area (Å²) in [6.45, 7) is 5.79. The number of phenols is 1. The molecule has 0 aromatic heterocycles. The van der Waals surface area contributed by atoms with E-state index >= 15 is 0 Å². The van der Waals surface area contributed by atoms with Gasteiger partial charge in [-0.05, 0) is 30.5 Å². The molecule has 2 N–H and O–H groups in total. The lowest BCUT2D eigenvalue weighted by Crippen LogP contribution is -2.35. The minimum absolute atomic E-state index is 0.129.